The van der Waals surface area contributed by atoms with Gasteiger partial charge in [-0.1, -0.05) is 29.8 Å². The van der Waals surface area contributed by atoms with Crippen molar-refractivity contribution in [2.45, 2.75) is 0 Å². The molecule has 6 nitrogen and oxygen atoms in total. The van der Waals surface area contributed by atoms with Crippen LogP contribution >= 0.6 is 11.6 Å². The van der Waals surface area contributed by atoms with Crippen molar-refractivity contribution >= 4 is 28.4 Å². The van der Waals surface area contributed by atoms with Crippen molar-refractivity contribution in [3.05, 3.63) is 53.3 Å². The van der Waals surface area contributed by atoms with Gasteiger partial charge < -0.3 is 15.0 Å². The third-order valence-corrected chi connectivity index (χ3v) is 4.97. The summed E-state index contributed by atoms with van der Waals surface area (Å²) in [6, 6.07) is 11.5. The number of aromatic nitrogens is 2. The number of hydrogen-bond acceptors (Lipinski definition) is 4. The number of pyridine rings is 1. The fourth-order valence-electron chi connectivity index (χ4n) is 3.31. The lowest BCUT2D eigenvalue weighted by atomic mass is 10.1. The summed E-state index contributed by atoms with van der Waals surface area (Å²) in [5.74, 6) is 0.387. The van der Waals surface area contributed by atoms with Crippen LogP contribution in [0.15, 0.2) is 42.6 Å². The molecular formula is C19H19ClN4O2. The molecule has 7 heteroatoms. The normalized spacial score (nSPS) is 14.6. The molecule has 0 saturated carbocycles. The van der Waals surface area contributed by atoms with E-state index in [1.165, 1.54) is 0 Å². The van der Waals surface area contributed by atoms with E-state index >= 15 is 0 Å². The smallest absolute Gasteiger partial charge is 0.257 e. The third-order valence-electron chi connectivity index (χ3n) is 4.61. The maximum Gasteiger partial charge on any atom is 0.257 e. The van der Waals surface area contributed by atoms with Gasteiger partial charge >= 0.3 is 0 Å². The number of hydrogen-bond donors (Lipinski definition) is 1. The second-order valence-corrected chi connectivity index (χ2v) is 6.48. The minimum absolute atomic E-state index is 0.0653. The first-order chi connectivity index (χ1) is 12.7. The highest BCUT2D eigenvalue weighted by Crippen LogP contribution is 2.35. The second-order valence-electron chi connectivity index (χ2n) is 6.12. The predicted octanol–water partition coefficient (Wildman–Crippen LogP) is 2.73. The van der Waals surface area contributed by atoms with Gasteiger partial charge in [0.15, 0.2) is 0 Å². The molecule has 1 fully saturated rings. The molecule has 26 heavy (non-hydrogen) atoms. The Labute approximate surface area is 156 Å². The molecule has 0 unspecified atom stereocenters. The number of carbonyl (C=O) groups excluding carboxylic acids is 1. The van der Waals surface area contributed by atoms with Crippen molar-refractivity contribution in [2.75, 3.05) is 33.3 Å². The van der Waals surface area contributed by atoms with Crippen LogP contribution in [0.3, 0.4) is 0 Å². The Morgan fingerprint density at radius 2 is 1.96 bits per heavy atom. The maximum atomic E-state index is 13.2. The van der Waals surface area contributed by atoms with Crippen molar-refractivity contribution in [1.29, 1.82) is 0 Å². The summed E-state index contributed by atoms with van der Waals surface area (Å²) in [4.78, 5) is 19.4. The highest BCUT2D eigenvalue weighted by atomic mass is 35.5. The van der Waals surface area contributed by atoms with Gasteiger partial charge in [-0.2, -0.15) is 0 Å². The van der Waals surface area contributed by atoms with Gasteiger partial charge in [-0.25, -0.2) is 4.98 Å². The van der Waals surface area contributed by atoms with Crippen LogP contribution in [0.25, 0.3) is 16.6 Å². The molecule has 0 radical (unpaired) electrons. The number of amides is 1. The zero-order valence-electron chi connectivity index (χ0n) is 14.4. The number of benzene rings is 1. The monoisotopic (exact) mass is 370 g/mol. The van der Waals surface area contributed by atoms with Crippen LogP contribution in [0.5, 0.6) is 5.88 Å². The number of para-hydroxylation sites is 1. The molecule has 1 aromatic carbocycles. The fourth-order valence-corrected chi connectivity index (χ4v) is 3.68. The van der Waals surface area contributed by atoms with E-state index in [1.807, 2.05) is 39.8 Å². The summed E-state index contributed by atoms with van der Waals surface area (Å²) in [6.07, 6.45) is 1.70. The van der Waals surface area contributed by atoms with Gasteiger partial charge in [0, 0.05) is 43.3 Å². The van der Waals surface area contributed by atoms with E-state index in [1.54, 1.807) is 19.4 Å². The fraction of sp³-hybridized carbons (Fsp3) is 0.263. The van der Waals surface area contributed by atoms with Crippen LogP contribution in [0.1, 0.15) is 10.4 Å². The topological polar surface area (TPSA) is 59.4 Å². The SMILES string of the molecule is COc1cc2c(C(=O)N3CCNCC3)c(Cl)n(-c3ccccc3)c2cn1. The standard InChI is InChI=1S/C19H19ClN4O2/c1-26-16-11-14-15(12-22-16)24(13-5-3-2-4-6-13)18(20)17(14)19(25)23-9-7-21-8-10-23/h2-6,11-12,21H,7-10H2,1H3. The molecule has 0 bridgehead atoms. The zero-order valence-corrected chi connectivity index (χ0v) is 15.2. The van der Waals surface area contributed by atoms with Gasteiger partial charge in [0.05, 0.1) is 24.4 Å². The summed E-state index contributed by atoms with van der Waals surface area (Å²) in [5.41, 5.74) is 2.16. The minimum Gasteiger partial charge on any atom is -0.481 e. The van der Waals surface area contributed by atoms with Crippen molar-refractivity contribution in [2.24, 2.45) is 0 Å². The summed E-state index contributed by atoms with van der Waals surface area (Å²) < 4.78 is 7.12. The van der Waals surface area contributed by atoms with E-state index < -0.39 is 0 Å². The first-order valence-corrected chi connectivity index (χ1v) is 8.88. The first kappa shape index (κ1) is 16.9. The largest absolute Gasteiger partial charge is 0.481 e. The van der Waals surface area contributed by atoms with Crippen molar-refractivity contribution < 1.29 is 9.53 Å². The van der Waals surface area contributed by atoms with Crippen LogP contribution in [0.4, 0.5) is 0 Å². The Morgan fingerprint density at radius 1 is 1.23 bits per heavy atom. The van der Waals surface area contributed by atoms with Crippen molar-refractivity contribution in [3.63, 3.8) is 0 Å². The molecule has 1 amide bonds. The van der Waals surface area contributed by atoms with E-state index in [4.69, 9.17) is 16.3 Å². The summed E-state index contributed by atoms with van der Waals surface area (Å²) in [5, 5.41) is 4.40. The van der Waals surface area contributed by atoms with E-state index in [9.17, 15) is 4.79 Å². The van der Waals surface area contributed by atoms with Gasteiger partial charge in [-0.05, 0) is 12.1 Å². The molecule has 1 aliphatic heterocycles. The molecule has 3 aromatic rings. The molecule has 3 heterocycles. The number of ether oxygens (including phenoxy) is 1. The molecular weight excluding hydrogens is 352 g/mol. The summed E-state index contributed by atoms with van der Waals surface area (Å²) in [7, 11) is 1.56. The van der Waals surface area contributed by atoms with E-state index in [2.05, 4.69) is 10.3 Å². The third kappa shape index (κ3) is 2.81. The number of halogens is 1. The van der Waals surface area contributed by atoms with Crippen LogP contribution < -0.4 is 10.1 Å². The number of nitrogens with one attached hydrogen (secondary N) is 1. The highest BCUT2D eigenvalue weighted by Gasteiger charge is 2.27. The van der Waals surface area contributed by atoms with Gasteiger partial charge in [-0.15, -0.1) is 0 Å². The quantitative estimate of drug-likeness (QED) is 0.770. The number of carbonyl (C=O) groups is 1. The van der Waals surface area contributed by atoms with Crippen molar-refractivity contribution in [3.8, 4) is 11.6 Å². The maximum absolute atomic E-state index is 13.2. The lowest BCUT2D eigenvalue weighted by molar-refractivity contribution is 0.0738. The van der Waals surface area contributed by atoms with Crippen LogP contribution in [0.2, 0.25) is 5.15 Å². The molecule has 0 spiro atoms. The van der Waals surface area contributed by atoms with Crippen LogP contribution in [-0.4, -0.2) is 53.6 Å². The van der Waals surface area contributed by atoms with Gasteiger partial charge in [0.2, 0.25) is 5.88 Å². The average molecular weight is 371 g/mol. The van der Waals surface area contributed by atoms with Gasteiger partial charge in [0.1, 0.15) is 5.15 Å². The lowest BCUT2D eigenvalue weighted by Crippen LogP contribution is -2.46. The predicted molar refractivity (Wildman–Crippen MR) is 101 cm³/mol. The van der Waals surface area contributed by atoms with Crippen LogP contribution in [0, 0.1) is 0 Å². The average Bonchev–Trinajstić information content (AvgIpc) is 2.99. The summed E-state index contributed by atoms with van der Waals surface area (Å²) >= 11 is 6.73. The molecule has 1 N–H and O–H groups in total. The van der Waals surface area contributed by atoms with E-state index in [-0.39, 0.29) is 5.91 Å². The molecule has 1 aliphatic rings. The lowest BCUT2D eigenvalue weighted by Gasteiger charge is -2.27. The minimum atomic E-state index is -0.0653. The Hall–Kier alpha value is -2.57. The molecule has 0 atom stereocenters. The number of piperazine rings is 1. The molecule has 1 saturated heterocycles. The number of fused-ring (bicyclic) bond motifs is 1. The summed E-state index contributed by atoms with van der Waals surface area (Å²) in [6.45, 7) is 2.89. The van der Waals surface area contributed by atoms with E-state index in [0.717, 1.165) is 29.7 Å². The molecule has 134 valence electrons. The number of nitrogens with zero attached hydrogens (tertiary/aromatic N) is 3. The first-order valence-electron chi connectivity index (χ1n) is 8.50. The number of rotatable bonds is 3. The highest BCUT2D eigenvalue weighted by molar-refractivity contribution is 6.36. The van der Waals surface area contributed by atoms with E-state index in [0.29, 0.717) is 29.7 Å². The Bertz CT molecular complexity index is 949. The zero-order chi connectivity index (χ0) is 18.1. The molecule has 4 rings (SSSR count). The van der Waals surface area contributed by atoms with Gasteiger partial charge in [-0.3, -0.25) is 9.36 Å². The molecule has 0 aliphatic carbocycles. The Morgan fingerprint density at radius 3 is 2.65 bits per heavy atom. The number of methoxy groups -OCH3 is 1. The van der Waals surface area contributed by atoms with Crippen molar-refractivity contribution in [1.82, 2.24) is 19.8 Å². The second kappa shape index (κ2) is 6.97. The Balaban J connectivity index is 1.93. The molecule has 2 aromatic heterocycles. The van der Waals surface area contributed by atoms with Crippen LogP contribution in [-0.2, 0) is 0 Å². The van der Waals surface area contributed by atoms with Gasteiger partial charge in [0.25, 0.3) is 5.91 Å². The Kier molecular flexibility index (Phi) is 4.53.